The van der Waals surface area contributed by atoms with Crippen LogP contribution in [0.3, 0.4) is 0 Å². The largest absolute Gasteiger partial charge is 0.497 e. The van der Waals surface area contributed by atoms with Gasteiger partial charge in [0.1, 0.15) is 29.2 Å². The minimum Gasteiger partial charge on any atom is -0.497 e. The lowest BCUT2D eigenvalue weighted by Gasteiger charge is -2.20. The molecule has 4 rings (SSSR count). The fourth-order valence-electron chi connectivity index (χ4n) is 3.36. The lowest BCUT2D eigenvalue weighted by atomic mass is 10.2. The Kier molecular flexibility index (Phi) is 11.1. The van der Waals surface area contributed by atoms with Crippen LogP contribution in [0.1, 0.15) is 12.6 Å². The fraction of sp³-hybridized carbons (Fsp3) is 0.333. The molecule has 15 heteroatoms. The van der Waals surface area contributed by atoms with Gasteiger partial charge in [-0.1, -0.05) is 0 Å². The van der Waals surface area contributed by atoms with Gasteiger partial charge in [0.25, 0.3) is 5.56 Å². The summed E-state index contributed by atoms with van der Waals surface area (Å²) in [5, 5.41) is 0. The molecule has 0 saturated carbocycles. The van der Waals surface area contributed by atoms with Gasteiger partial charge >= 0.3 is 14.3 Å². The van der Waals surface area contributed by atoms with Crippen LogP contribution < -0.4 is 29.8 Å². The summed E-state index contributed by atoms with van der Waals surface area (Å²) < 4.78 is 81.6. The maximum Gasteiger partial charge on any atom is 0.463 e. The van der Waals surface area contributed by atoms with Crippen molar-refractivity contribution in [3.05, 3.63) is 81.4 Å². The van der Waals surface area contributed by atoms with E-state index in [9.17, 15) is 27.2 Å². The van der Waals surface area contributed by atoms with Crippen LogP contribution in [0.15, 0.2) is 64.3 Å². The molecule has 0 spiro atoms. The highest BCUT2D eigenvalue weighted by molar-refractivity contribution is 7.42. The third-order valence-corrected chi connectivity index (χ3v) is 6.25. The van der Waals surface area contributed by atoms with E-state index >= 15 is 0 Å². The van der Waals surface area contributed by atoms with Gasteiger partial charge in [-0.25, -0.2) is 18.0 Å². The molecule has 1 saturated heterocycles. The number of nitrogens with one attached hydrogen (secondary N) is 1. The van der Waals surface area contributed by atoms with E-state index in [-0.39, 0.29) is 13.0 Å². The maximum absolute atomic E-state index is 14.7. The van der Waals surface area contributed by atoms with Gasteiger partial charge < -0.3 is 23.3 Å². The van der Waals surface area contributed by atoms with E-state index in [1.54, 1.807) is 67.7 Å². The minimum absolute atomic E-state index is 0.133. The van der Waals surface area contributed by atoms with Crippen LogP contribution in [-0.4, -0.2) is 49.6 Å². The highest BCUT2D eigenvalue weighted by atomic mass is 31.2. The monoisotopic (exact) mass is 576 g/mol. The van der Waals surface area contributed by atoms with Crippen LogP contribution in [0.5, 0.6) is 23.0 Å². The Labute approximate surface area is 221 Å². The first-order valence-corrected chi connectivity index (χ1v) is 12.4. The van der Waals surface area contributed by atoms with Crippen LogP contribution in [0.4, 0.5) is 17.6 Å². The number of aromatic nitrogens is 2. The summed E-state index contributed by atoms with van der Waals surface area (Å²) in [7, 11) is 1.07. The van der Waals surface area contributed by atoms with Crippen molar-refractivity contribution in [2.24, 2.45) is 0 Å². The quantitative estimate of drug-likeness (QED) is 0.276. The molecule has 39 heavy (non-hydrogen) atoms. The Morgan fingerprint density at radius 3 is 1.92 bits per heavy atom. The second-order valence-electron chi connectivity index (χ2n) is 7.70. The van der Waals surface area contributed by atoms with E-state index in [2.05, 4.69) is 0 Å². The van der Waals surface area contributed by atoms with E-state index in [1.165, 1.54) is 0 Å². The van der Waals surface area contributed by atoms with Gasteiger partial charge in [0.15, 0.2) is 6.23 Å². The molecule has 212 valence electrons. The van der Waals surface area contributed by atoms with Gasteiger partial charge in [0, 0.05) is 6.42 Å². The molecule has 1 aromatic heterocycles. The average molecular weight is 576 g/mol. The van der Waals surface area contributed by atoms with Crippen molar-refractivity contribution in [3.63, 3.8) is 0 Å². The van der Waals surface area contributed by atoms with Crippen molar-refractivity contribution >= 4 is 8.60 Å². The molecule has 0 bridgehead atoms. The Hall–Kier alpha value is -3.61. The summed E-state index contributed by atoms with van der Waals surface area (Å²) >= 11 is 0. The molecule has 3 atom stereocenters. The molecular weight excluding hydrogens is 551 g/mol. The third kappa shape index (κ3) is 8.44. The lowest BCUT2D eigenvalue weighted by molar-refractivity contribution is -0.0370. The van der Waals surface area contributed by atoms with Crippen LogP contribution in [-0.2, 0) is 9.26 Å². The molecule has 0 amide bonds. The summed E-state index contributed by atoms with van der Waals surface area (Å²) in [4.78, 5) is 25.1. The highest BCUT2D eigenvalue weighted by Crippen LogP contribution is 2.43. The summed E-state index contributed by atoms with van der Waals surface area (Å²) in [6.07, 6.45) is -3.37. The first-order valence-electron chi connectivity index (χ1n) is 11.3. The fourth-order valence-corrected chi connectivity index (χ4v) is 4.38. The first-order chi connectivity index (χ1) is 18.8. The molecule has 1 fully saturated rings. The van der Waals surface area contributed by atoms with E-state index in [0.717, 1.165) is 0 Å². The third-order valence-electron chi connectivity index (χ3n) is 5.17. The summed E-state index contributed by atoms with van der Waals surface area (Å²) in [6.45, 7) is -1.89. The number of hydrogen-bond acceptors (Lipinski definition) is 8. The number of alkyl halides is 3. The Morgan fingerprint density at radius 1 is 0.949 bits per heavy atom. The van der Waals surface area contributed by atoms with Crippen LogP contribution >= 0.6 is 8.60 Å². The molecule has 2 heterocycles. The Morgan fingerprint density at radius 2 is 1.44 bits per heavy atom. The lowest BCUT2D eigenvalue weighted by Crippen LogP contribution is -2.36. The van der Waals surface area contributed by atoms with Crippen molar-refractivity contribution < 1.29 is 45.3 Å². The number of rotatable bonds is 10. The van der Waals surface area contributed by atoms with Crippen LogP contribution in [0.25, 0.3) is 0 Å². The first kappa shape index (κ1) is 29.9. The predicted octanol–water partition coefficient (Wildman–Crippen LogP) is 4.60. The molecular formula is C24H25F4N2O8P. The summed E-state index contributed by atoms with van der Waals surface area (Å²) in [6, 6.07) is 13.5. The van der Waals surface area contributed by atoms with Gasteiger partial charge in [0.2, 0.25) is 12.7 Å². The zero-order valence-electron chi connectivity index (χ0n) is 20.7. The van der Waals surface area contributed by atoms with Crippen LogP contribution in [0.2, 0.25) is 0 Å². The molecule has 2 aromatic carbocycles. The number of aromatic amines is 1. The normalized spacial score (nSPS) is 18.3. The second-order valence-corrected chi connectivity index (χ2v) is 8.77. The van der Waals surface area contributed by atoms with E-state index < -0.39 is 51.1 Å². The molecule has 3 unspecified atom stereocenters. The van der Waals surface area contributed by atoms with Gasteiger partial charge in [-0.15, -0.1) is 0 Å². The van der Waals surface area contributed by atoms with Crippen LogP contribution in [0, 0.1) is 5.82 Å². The minimum atomic E-state index is -2.02. The average Bonchev–Trinajstić information content (AvgIpc) is 3.30. The molecule has 10 nitrogen and oxygen atoms in total. The number of hydrogen-bond donors (Lipinski definition) is 1. The number of H-pyrrole nitrogens is 1. The topological polar surface area (TPSA) is 110 Å². The smallest absolute Gasteiger partial charge is 0.463 e. The number of halogens is 4. The van der Waals surface area contributed by atoms with Gasteiger partial charge in [0.05, 0.1) is 33.1 Å². The van der Waals surface area contributed by atoms with E-state index in [1.807, 2.05) is 0 Å². The van der Waals surface area contributed by atoms with Crippen molar-refractivity contribution in [3.8, 4) is 23.0 Å². The second kappa shape index (κ2) is 14.5. The van der Waals surface area contributed by atoms with Crippen molar-refractivity contribution in [2.45, 2.75) is 24.9 Å². The molecule has 1 N–H and O–H groups in total. The Balaban J connectivity index is 0.00000134. The zero-order chi connectivity index (χ0) is 28.4. The predicted molar refractivity (Wildman–Crippen MR) is 132 cm³/mol. The SMILES string of the molecule is COc1ccc(OP(OCC2CC(F)C(n3cc(F)c(=O)[nH]c3=O)O2)Oc2ccc(OC)cc2)cc1.FCF. The number of ether oxygens (including phenoxy) is 3. The standard InChI is InChI=1S/C23H23F2N2O8P.CH2F2/c1-30-14-3-7-16(8-4-14)34-36(35-17-9-5-15(31-2)6-10-17)32-13-18-11-19(24)22(33-18)27-12-20(25)21(28)26-23(27)29;2-1-3/h3-10,12,18-19,22H,11,13H2,1-2H3,(H,26,28,29);1H2. The molecule has 3 aromatic rings. The molecule has 0 aliphatic carbocycles. The summed E-state index contributed by atoms with van der Waals surface area (Å²) in [5.74, 6) is 0.932. The van der Waals surface area contributed by atoms with Crippen molar-refractivity contribution in [1.82, 2.24) is 9.55 Å². The van der Waals surface area contributed by atoms with E-state index in [0.29, 0.717) is 33.8 Å². The van der Waals surface area contributed by atoms with Crippen molar-refractivity contribution in [1.29, 1.82) is 0 Å². The Bertz CT molecular complexity index is 1240. The van der Waals surface area contributed by atoms with Gasteiger partial charge in [-0.3, -0.25) is 18.9 Å². The summed E-state index contributed by atoms with van der Waals surface area (Å²) in [5.41, 5.74) is -2.18. The van der Waals surface area contributed by atoms with Gasteiger partial charge in [-0.05, 0) is 48.5 Å². The molecule has 1 aliphatic heterocycles. The zero-order valence-corrected chi connectivity index (χ0v) is 21.6. The highest BCUT2D eigenvalue weighted by Gasteiger charge is 2.38. The van der Waals surface area contributed by atoms with Crippen molar-refractivity contribution in [2.75, 3.05) is 27.8 Å². The van der Waals surface area contributed by atoms with Gasteiger partial charge in [-0.2, -0.15) is 4.39 Å². The number of methoxy groups -OCH3 is 2. The molecule has 1 aliphatic rings. The van der Waals surface area contributed by atoms with E-state index in [4.69, 9.17) is 27.8 Å². The number of benzene rings is 2. The number of nitrogens with zero attached hydrogens (tertiary/aromatic N) is 1. The maximum atomic E-state index is 14.7. The molecule has 0 radical (unpaired) electrons.